The molecule has 170 valence electrons. The van der Waals surface area contributed by atoms with Crippen LogP contribution < -0.4 is 4.74 Å². The zero-order valence-corrected chi connectivity index (χ0v) is 21.1. The highest BCUT2D eigenvalue weighted by Crippen LogP contribution is 2.37. The maximum absolute atomic E-state index is 9.27. The molecule has 4 rings (SSSR count). The molecule has 0 unspecified atom stereocenters. The van der Waals surface area contributed by atoms with Crippen molar-refractivity contribution in [2.75, 3.05) is 0 Å². The lowest BCUT2D eigenvalue weighted by molar-refractivity contribution is 0.456. The van der Waals surface area contributed by atoms with Crippen molar-refractivity contribution in [2.45, 2.75) is 40.5 Å². The van der Waals surface area contributed by atoms with E-state index in [1.165, 1.54) is 5.57 Å². The number of allylic oxidation sites excluding steroid dienone is 1. The van der Waals surface area contributed by atoms with E-state index in [1.807, 2.05) is 32.0 Å². The number of nitrogens with zero attached hydrogens (tertiary/aromatic N) is 5. The van der Waals surface area contributed by atoms with Crippen LogP contribution in [0.2, 0.25) is 0 Å². The first kappa shape index (κ1) is 23.5. The SMILES string of the molecule is CC/C(C)=C(\Br)c1c(C)nc(Cc2ccc3c(C)ncnc3c2)nc1Oc1cccc(C#N)c1. The molecular formula is C27H24BrN5O. The lowest BCUT2D eigenvalue weighted by Crippen LogP contribution is -2.06. The molecule has 0 aliphatic rings. The lowest BCUT2D eigenvalue weighted by atomic mass is 10.1. The third-order valence-electron chi connectivity index (χ3n) is 5.67. The minimum atomic E-state index is 0.455. The summed E-state index contributed by atoms with van der Waals surface area (Å²) < 4.78 is 7.15. The smallest absolute Gasteiger partial charge is 0.231 e. The summed E-state index contributed by atoms with van der Waals surface area (Å²) in [4.78, 5) is 18.3. The van der Waals surface area contributed by atoms with Crippen molar-refractivity contribution in [2.24, 2.45) is 0 Å². The summed E-state index contributed by atoms with van der Waals surface area (Å²) in [5.74, 6) is 1.65. The number of hydrogen-bond acceptors (Lipinski definition) is 6. The largest absolute Gasteiger partial charge is 0.438 e. The van der Waals surface area contributed by atoms with Crippen LogP contribution in [0.3, 0.4) is 0 Å². The van der Waals surface area contributed by atoms with Gasteiger partial charge in [0.25, 0.3) is 0 Å². The van der Waals surface area contributed by atoms with Crippen LogP contribution in [0.25, 0.3) is 15.4 Å². The van der Waals surface area contributed by atoms with E-state index in [9.17, 15) is 5.26 Å². The van der Waals surface area contributed by atoms with E-state index in [2.05, 4.69) is 51.9 Å². The average Bonchev–Trinajstić information content (AvgIpc) is 2.83. The van der Waals surface area contributed by atoms with Crippen molar-refractivity contribution in [1.82, 2.24) is 19.9 Å². The second-order valence-corrected chi connectivity index (χ2v) is 8.88. The van der Waals surface area contributed by atoms with E-state index in [1.54, 1.807) is 24.5 Å². The molecule has 4 aromatic rings. The zero-order valence-electron chi connectivity index (χ0n) is 19.6. The Kier molecular flexibility index (Phi) is 6.99. The first-order chi connectivity index (χ1) is 16.4. The van der Waals surface area contributed by atoms with E-state index in [-0.39, 0.29) is 0 Å². The highest BCUT2D eigenvalue weighted by Gasteiger charge is 2.19. The van der Waals surface area contributed by atoms with E-state index in [0.29, 0.717) is 29.4 Å². The van der Waals surface area contributed by atoms with Crippen LogP contribution in [-0.2, 0) is 6.42 Å². The van der Waals surface area contributed by atoms with Gasteiger partial charge in [-0.3, -0.25) is 0 Å². The molecule has 0 aliphatic heterocycles. The number of hydrogen-bond donors (Lipinski definition) is 0. The number of halogens is 1. The number of nitriles is 1. The molecule has 0 atom stereocenters. The Bertz CT molecular complexity index is 1460. The predicted octanol–water partition coefficient (Wildman–Crippen LogP) is 6.83. The Labute approximate surface area is 207 Å². The fraction of sp³-hybridized carbons (Fsp3) is 0.222. The zero-order chi connectivity index (χ0) is 24.2. The van der Waals surface area contributed by atoms with Crippen LogP contribution in [0.1, 0.15) is 54.2 Å². The monoisotopic (exact) mass is 513 g/mol. The number of fused-ring (bicyclic) bond motifs is 1. The first-order valence-electron chi connectivity index (χ1n) is 11.0. The van der Waals surface area contributed by atoms with Crippen molar-refractivity contribution >= 4 is 31.3 Å². The maximum Gasteiger partial charge on any atom is 0.231 e. The Balaban J connectivity index is 1.78. The van der Waals surface area contributed by atoms with Gasteiger partial charge in [0.1, 0.15) is 17.9 Å². The molecule has 2 heterocycles. The molecular weight excluding hydrogens is 490 g/mol. The summed E-state index contributed by atoms with van der Waals surface area (Å²) >= 11 is 3.73. The molecule has 0 N–H and O–H groups in total. The number of ether oxygens (including phenoxy) is 1. The molecule has 0 fully saturated rings. The second-order valence-electron chi connectivity index (χ2n) is 8.08. The number of aryl methyl sites for hydroxylation is 2. The molecule has 7 heteroatoms. The normalized spacial score (nSPS) is 11.8. The van der Waals surface area contributed by atoms with Gasteiger partial charge in [-0.1, -0.05) is 30.7 Å². The molecule has 0 saturated carbocycles. The van der Waals surface area contributed by atoms with Crippen LogP contribution in [0, 0.1) is 25.2 Å². The van der Waals surface area contributed by atoms with E-state index >= 15 is 0 Å². The van der Waals surface area contributed by atoms with E-state index in [0.717, 1.165) is 44.3 Å². The maximum atomic E-state index is 9.27. The Morgan fingerprint density at radius 3 is 2.65 bits per heavy atom. The molecule has 34 heavy (non-hydrogen) atoms. The van der Waals surface area contributed by atoms with Crippen molar-refractivity contribution in [3.05, 3.63) is 88.3 Å². The van der Waals surface area contributed by atoms with Crippen molar-refractivity contribution in [3.63, 3.8) is 0 Å². The number of rotatable bonds is 6. The summed E-state index contributed by atoms with van der Waals surface area (Å²) in [7, 11) is 0. The van der Waals surface area contributed by atoms with Crippen LogP contribution in [-0.4, -0.2) is 19.9 Å². The van der Waals surface area contributed by atoms with Gasteiger partial charge in [0, 0.05) is 22.0 Å². The molecule has 0 spiro atoms. The lowest BCUT2D eigenvalue weighted by Gasteiger charge is -2.15. The van der Waals surface area contributed by atoms with Gasteiger partial charge in [0.15, 0.2) is 0 Å². The molecule has 0 radical (unpaired) electrons. The predicted molar refractivity (Wildman–Crippen MR) is 137 cm³/mol. The summed E-state index contributed by atoms with van der Waals surface area (Å²) in [5.41, 5.74) is 6.22. The fourth-order valence-corrected chi connectivity index (χ4v) is 4.38. The standard InChI is InChI=1S/C27H24BrN5O/c1-5-16(2)26(28)25-18(4)32-24(33-27(25)34-21-8-6-7-20(11-21)14-29)13-19-9-10-22-17(3)30-15-31-23(22)12-19/h6-12,15H,5,13H2,1-4H3/b26-16-. The Morgan fingerprint density at radius 2 is 1.88 bits per heavy atom. The third-order valence-corrected chi connectivity index (χ3v) is 6.74. The van der Waals surface area contributed by atoms with Crippen LogP contribution in [0.4, 0.5) is 0 Å². The summed E-state index contributed by atoms with van der Waals surface area (Å²) in [5, 5.41) is 10.3. The molecule has 0 bridgehead atoms. The van der Waals surface area contributed by atoms with Gasteiger partial charge in [0.05, 0.1) is 28.4 Å². The number of benzene rings is 2. The van der Waals surface area contributed by atoms with Crippen molar-refractivity contribution in [1.29, 1.82) is 5.26 Å². The van der Waals surface area contributed by atoms with Gasteiger partial charge >= 0.3 is 0 Å². The van der Waals surface area contributed by atoms with Crippen molar-refractivity contribution in [3.8, 4) is 17.7 Å². The van der Waals surface area contributed by atoms with Gasteiger partial charge in [-0.25, -0.2) is 15.0 Å². The van der Waals surface area contributed by atoms with E-state index in [4.69, 9.17) is 14.7 Å². The second kappa shape index (κ2) is 10.1. The molecule has 0 amide bonds. The van der Waals surface area contributed by atoms with Gasteiger partial charge in [-0.15, -0.1) is 0 Å². The quantitative estimate of drug-likeness (QED) is 0.281. The Hall–Kier alpha value is -3.63. The highest BCUT2D eigenvalue weighted by atomic mass is 79.9. The van der Waals surface area contributed by atoms with E-state index < -0.39 is 0 Å². The third kappa shape index (κ3) is 4.97. The van der Waals surface area contributed by atoms with Gasteiger partial charge in [-0.05, 0) is 73.0 Å². The minimum Gasteiger partial charge on any atom is -0.438 e. The van der Waals surface area contributed by atoms with Crippen LogP contribution in [0.15, 0.2) is 54.4 Å². The molecule has 2 aromatic heterocycles. The van der Waals surface area contributed by atoms with Gasteiger partial charge < -0.3 is 4.74 Å². The Morgan fingerprint density at radius 1 is 1.06 bits per heavy atom. The van der Waals surface area contributed by atoms with Gasteiger partial charge in [0.2, 0.25) is 5.88 Å². The first-order valence-corrected chi connectivity index (χ1v) is 11.8. The topological polar surface area (TPSA) is 84.6 Å². The van der Waals surface area contributed by atoms with Crippen LogP contribution >= 0.6 is 15.9 Å². The molecule has 0 aliphatic carbocycles. The molecule has 6 nitrogen and oxygen atoms in total. The summed E-state index contributed by atoms with van der Waals surface area (Å²) in [6, 6.07) is 15.3. The fourth-order valence-electron chi connectivity index (χ4n) is 3.65. The highest BCUT2D eigenvalue weighted by molar-refractivity contribution is 9.15. The van der Waals surface area contributed by atoms with Crippen molar-refractivity contribution < 1.29 is 4.74 Å². The summed E-state index contributed by atoms with van der Waals surface area (Å²) in [6.07, 6.45) is 2.99. The van der Waals surface area contributed by atoms with Gasteiger partial charge in [-0.2, -0.15) is 10.2 Å². The van der Waals surface area contributed by atoms with Crippen LogP contribution in [0.5, 0.6) is 11.6 Å². The average molecular weight is 514 g/mol. The molecule has 2 aromatic carbocycles. The summed E-state index contributed by atoms with van der Waals surface area (Å²) in [6.45, 7) is 8.10. The molecule has 0 saturated heterocycles. The minimum absolute atomic E-state index is 0.455. The number of aromatic nitrogens is 4.